The maximum absolute atomic E-state index is 13.9. The summed E-state index contributed by atoms with van der Waals surface area (Å²) in [6.45, 7) is 9.49. The Morgan fingerprint density at radius 1 is 1.21 bits per heavy atom. The Morgan fingerprint density at radius 3 is 2.68 bits per heavy atom. The average molecular weight is 508 g/mol. The largest absolute Gasteiger partial charge is 0.467 e. The molecule has 2 aliphatic heterocycles. The molecule has 0 aliphatic carbocycles. The maximum Gasteiger partial charge on any atom is 0.191 e. The molecule has 0 saturated carbocycles. The number of benzene rings is 1. The highest BCUT2D eigenvalue weighted by Crippen LogP contribution is 2.29. The Bertz CT molecular complexity index is 681. The van der Waals surface area contributed by atoms with E-state index in [0.29, 0.717) is 24.9 Å². The molecule has 0 atom stereocenters. The minimum atomic E-state index is -0.295. The van der Waals surface area contributed by atoms with Crippen molar-refractivity contribution < 1.29 is 18.6 Å². The van der Waals surface area contributed by atoms with Gasteiger partial charge in [0.2, 0.25) is 0 Å². The molecule has 0 unspecified atom stereocenters. The van der Waals surface area contributed by atoms with E-state index in [4.69, 9.17) is 14.2 Å². The number of aliphatic imine (C=N–C) groups is 1. The van der Waals surface area contributed by atoms with Gasteiger partial charge in [-0.25, -0.2) is 4.39 Å². The quantitative estimate of drug-likeness (QED) is 0.361. The van der Waals surface area contributed by atoms with Gasteiger partial charge in [-0.3, -0.25) is 9.89 Å². The summed E-state index contributed by atoms with van der Waals surface area (Å²) in [4.78, 5) is 6.69. The first-order valence-electron chi connectivity index (χ1n) is 9.29. The summed E-state index contributed by atoms with van der Waals surface area (Å²) in [5.41, 5.74) is 1.46. The van der Waals surface area contributed by atoms with Crippen molar-refractivity contribution in [2.24, 2.45) is 4.99 Å². The van der Waals surface area contributed by atoms with Gasteiger partial charge in [-0.05, 0) is 26.0 Å². The maximum atomic E-state index is 13.9. The molecular weight excluding hydrogens is 478 g/mol. The van der Waals surface area contributed by atoms with Crippen LogP contribution in [0, 0.1) is 5.82 Å². The molecule has 2 heterocycles. The smallest absolute Gasteiger partial charge is 0.191 e. The van der Waals surface area contributed by atoms with Crippen LogP contribution in [-0.4, -0.2) is 63.1 Å². The molecular formula is C19H30FIN4O3. The minimum absolute atomic E-state index is 0. The molecule has 1 aromatic rings. The van der Waals surface area contributed by atoms with Gasteiger partial charge in [0.05, 0.1) is 19.8 Å². The van der Waals surface area contributed by atoms with E-state index in [9.17, 15) is 4.39 Å². The number of morpholine rings is 1. The fourth-order valence-electron chi connectivity index (χ4n) is 3.37. The number of ether oxygens (including phenoxy) is 3. The summed E-state index contributed by atoms with van der Waals surface area (Å²) in [6, 6.07) is 2.94. The van der Waals surface area contributed by atoms with E-state index in [2.05, 4.69) is 34.4 Å². The van der Waals surface area contributed by atoms with Gasteiger partial charge in [0.25, 0.3) is 0 Å². The standard InChI is InChI=1S/C19H29FN4O3.HI/c1-19(2,24-4-6-25-7-5-24)12-23-18(21-3)22-10-14-8-16(20)9-15-11-26-13-27-17(14)15;/h8-9H,4-7,10-13H2,1-3H3,(H2,21,22,23);1H. The summed E-state index contributed by atoms with van der Waals surface area (Å²) >= 11 is 0. The number of guanidine groups is 1. The number of nitrogens with zero attached hydrogens (tertiary/aromatic N) is 2. The predicted molar refractivity (Wildman–Crippen MR) is 117 cm³/mol. The lowest BCUT2D eigenvalue weighted by atomic mass is 10.0. The first kappa shape index (κ1) is 23.1. The number of fused-ring (bicyclic) bond motifs is 1. The molecule has 9 heteroatoms. The lowest BCUT2D eigenvalue weighted by Gasteiger charge is -2.41. The Balaban J connectivity index is 0.00000280. The van der Waals surface area contributed by atoms with Gasteiger partial charge >= 0.3 is 0 Å². The SMILES string of the molecule is CN=C(NCc1cc(F)cc2c1OCOC2)NCC(C)(C)N1CCOCC1.I. The Labute approximate surface area is 183 Å². The van der Waals surface area contributed by atoms with Crippen molar-refractivity contribution in [2.75, 3.05) is 46.7 Å². The van der Waals surface area contributed by atoms with Crippen molar-refractivity contribution in [1.29, 1.82) is 0 Å². The topological polar surface area (TPSA) is 67.4 Å². The monoisotopic (exact) mass is 508 g/mol. The highest BCUT2D eigenvalue weighted by Gasteiger charge is 2.28. The van der Waals surface area contributed by atoms with Gasteiger partial charge in [0.1, 0.15) is 11.6 Å². The van der Waals surface area contributed by atoms with E-state index in [1.54, 1.807) is 7.05 Å². The number of nitrogens with one attached hydrogen (secondary N) is 2. The lowest BCUT2D eigenvalue weighted by Crippen LogP contribution is -2.56. The third kappa shape index (κ3) is 5.91. The molecule has 1 fully saturated rings. The molecule has 0 amide bonds. The van der Waals surface area contributed by atoms with Crippen molar-refractivity contribution in [3.05, 3.63) is 29.1 Å². The van der Waals surface area contributed by atoms with Crippen LogP contribution in [0.3, 0.4) is 0 Å². The second kappa shape index (κ2) is 10.6. The van der Waals surface area contributed by atoms with Crippen molar-refractivity contribution in [3.8, 4) is 5.75 Å². The molecule has 3 rings (SSSR count). The first-order valence-corrected chi connectivity index (χ1v) is 9.29. The minimum Gasteiger partial charge on any atom is -0.467 e. The number of hydrogen-bond acceptors (Lipinski definition) is 5. The average Bonchev–Trinajstić information content (AvgIpc) is 2.68. The molecule has 0 radical (unpaired) electrons. The van der Waals surface area contributed by atoms with E-state index in [0.717, 1.165) is 44.0 Å². The van der Waals surface area contributed by atoms with Gasteiger partial charge in [-0.2, -0.15) is 0 Å². The van der Waals surface area contributed by atoms with E-state index < -0.39 is 0 Å². The third-order valence-corrected chi connectivity index (χ3v) is 4.98. The fourth-order valence-corrected chi connectivity index (χ4v) is 3.37. The zero-order valence-electron chi connectivity index (χ0n) is 16.7. The van der Waals surface area contributed by atoms with Crippen LogP contribution in [0.5, 0.6) is 5.75 Å². The fraction of sp³-hybridized carbons (Fsp3) is 0.632. The highest BCUT2D eigenvalue weighted by atomic mass is 127. The molecule has 28 heavy (non-hydrogen) atoms. The summed E-state index contributed by atoms with van der Waals surface area (Å²) in [7, 11) is 1.72. The van der Waals surface area contributed by atoms with Crippen LogP contribution in [0.15, 0.2) is 17.1 Å². The van der Waals surface area contributed by atoms with E-state index >= 15 is 0 Å². The molecule has 1 aromatic carbocycles. The predicted octanol–water partition coefficient (Wildman–Crippen LogP) is 2.09. The van der Waals surface area contributed by atoms with Gasteiger partial charge in [-0.15, -0.1) is 24.0 Å². The van der Waals surface area contributed by atoms with Crippen LogP contribution >= 0.6 is 24.0 Å². The molecule has 7 nitrogen and oxygen atoms in total. The number of hydrogen-bond donors (Lipinski definition) is 2. The summed E-state index contributed by atoms with van der Waals surface area (Å²) in [5, 5.41) is 6.62. The summed E-state index contributed by atoms with van der Waals surface area (Å²) in [5.74, 6) is 1.07. The second-order valence-corrected chi connectivity index (χ2v) is 7.35. The van der Waals surface area contributed by atoms with Gasteiger partial charge in [0.15, 0.2) is 12.8 Å². The van der Waals surface area contributed by atoms with E-state index in [-0.39, 0.29) is 42.1 Å². The third-order valence-electron chi connectivity index (χ3n) is 4.98. The zero-order valence-corrected chi connectivity index (χ0v) is 19.0. The van der Waals surface area contributed by atoms with Crippen LogP contribution in [0.2, 0.25) is 0 Å². The van der Waals surface area contributed by atoms with E-state index in [1.807, 2.05) is 0 Å². The number of halogens is 2. The molecule has 0 bridgehead atoms. The molecule has 158 valence electrons. The summed E-state index contributed by atoms with van der Waals surface area (Å²) < 4.78 is 30.1. The molecule has 2 aliphatic rings. The van der Waals surface area contributed by atoms with Crippen molar-refractivity contribution in [3.63, 3.8) is 0 Å². The van der Waals surface area contributed by atoms with Gasteiger partial charge in [0, 0.05) is 49.9 Å². The molecule has 2 N–H and O–H groups in total. The van der Waals surface area contributed by atoms with Gasteiger partial charge < -0.3 is 24.8 Å². The van der Waals surface area contributed by atoms with Crippen LogP contribution < -0.4 is 15.4 Å². The number of rotatable bonds is 5. The Kier molecular flexibility index (Phi) is 8.72. The lowest BCUT2D eigenvalue weighted by molar-refractivity contribution is -0.0173. The Hall–Kier alpha value is -1.17. The highest BCUT2D eigenvalue weighted by molar-refractivity contribution is 14.0. The normalized spacial score (nSPS) is 17.9. The molecule has 0 spiro atoms. The van der Waals surface area contributed by atoms with Gasteiger partial charge in [-0.1, -0.05) is 0 Å². The van der Waals surface area contributed by atoms with Crippen LogP contribution in [0.4, 0.5) is 4.39 Å². The van der Waals surface area contributed by atoms with Crippen LogP contribution in [0.1, 0.15) is 25.0 Å². The van der Waals surface area contributed by atoms with Crippen molar-refractivity contribution >= 4 is 29.9 Å². The zero-order chi connectivity index (χ0) is 19.3. The molecule has 0 aromatic heterocycles. The van der Waals surface area contributed by atoms with E-state index in [1.165, 1.54) is 12.1 Å². The summed E-state index contributed by atoms with van der Waals surface area (Å²) in [6.07, 6.45) is 0. The van der Waals surface area contributed by atoms with Crippen LogP contribution in [0.25, 0.3) is 0 Å². The van der Waals surface area contributed by atoms with Crippen molar-refractivity contribution in [2.45, 2.75) is 32.5 Å². The molecule has 1 saturated heterocycles. The second-order valence-electron chi connectivity index (χ2n) is 7.35. The first-order chi connectivity index (χ1) is 13.0. The van der Waals surface area contributed by atoms with Crippen molar-refractivity contribution in [1.82, 2.24) is 15.5 Å². The van der Waals surface area contributed by atoms with Crippen LogP contribution in [-0.2, 0) is 22.6 Å². The Morgan fingerprint density at radius 2 is 1.96 bits per heavy atom.